The topological polar surface area (TPSA) is 89.7 Å². The lowest BCUT2D eigenvalue weighted by Gasteiger charge is -2.21. The lowest BCUT2D eigenvalue weighted by Crippen LogP contribution is -2.28. The summed E-state index contributed by atoms with van der Waals surface area (Å²) in [5.74, 6) is -1.85. The van der Waals surface area contributed by atoms with Crippen molar-refractivity contribution in [3.05, 3.63) is 21.6 Å². The Hall–Kier alpha value is -1.04. The highest BCUT2D eigenvalue weighted by atomic mass is 79.9. The van der Waals surface area contributed by atoms with Gasteiger partial charge in [-0.1, -0.05) is 11.6 Å². The van der Waals surface area contributed by atoms with Gasteiger partial charge in [0.1, 0.15) is 5.75 Å². The standard InChI is InChI=1S/C12H11BrClF3N2O4S/c13-8-2-7(23-12(15,16)17)3-9(14)11(8)19-4-6(1-10(19)20)5-24(18,21)22/h2-3,6H,1,4-5H2,(H2,18,21,22). The van der Waals surface area contributed by atoms with E-state index in [4.69, 9.17) is 16.7 Å². The van der Waals surface area contributed by atoms with E-state index < -0.39 is 34.0 Å². The summed E-state index contributed by atoms with van der Waals surface area (Å²) in [7, 11) is -3.75. The van der Waals surface area contributed by atoms with E-state index in [0.717, 1.165) is 12.1 Å². The minimum absolute atomic E-state index is 0.0348. The highest BCUT2D eigenvalue weighted by Crippen LogP contribution is 2.41. The molecule has 0 radical (unpaired) electrons. The van der Waals surface area contributed by atoms with E-state index in [1.807, 2.05) is 0 Å². The molecule has 1 unspecified atom stereocenters. The second-order valence-corrected chi connectivity index (χ2v) is 8.11. The number of sulfonamides is 1. The van der Waals surface area contributed by atoms with Gasteiger partial charge in [-0.2, -0.15) is 0 Å². The number of anilines is 1. The van der Waals surface area contributed by atoms with Gasteiger partial charge in [-0.05, 0) is 22.0 Å². The zero-order chi connectivity index (χ0) is 18.3. The second-order valence-electron chi connectivity index (χ2n) is 5.19. The molecule has 24 heavy (non-hydrogen) atoms. The Bertz CT molecular complexity index is 749. The fourth-order valence-corrected chi connectivity index (χ4v) is 4.39. The highest BCUT2D eigenvalue weighted by molar-refractivity contribution is 9.10. The van der Waals surface area contributed by atoms with Crippen LogP contribution in [0.4, 0.5) is 18.9 Å². The highest BCUT2D eigenvalue weighted by Gasteiger charge is 2.36. The summed E-state index contributed by atoms with van der Waals surface area (Å²) < 4.78 is 63.0. The van der Waals surface area contributed by atoms with E-state index in [2.05, 4.69) is 20.7 Å². The number of carbonyl (C=O) groups excluding carboxylic acids is 1. The Balaban J connectivity index is 2.28. The average Bonchev–Trinajstić information content (AvgIpc) is 2.64. The summed E-state index contributed by atoms with van der Waals surface area (Å²) in [5.41, 5.74) is 0.146. The first-order valence-corrected chi connectivity index (χ1v) is 9.30. The number of alkyl halides is 3. The number of amides is 1. The molecule has 6 nitrogen and oxygen atoms in total. The number of carbonyl (C=O) groups is 1. The van der Waals surface area contributed by atoms with Crippen molar-refractivity contribution in [2.24, 2.45) is 11.1 Å². The van der Waals surface area contributed by atoms with Crippen molar-refractivity contribution >= 4 is 49.1 Å². The number of nitrogens with two attached hydrogens (primary N) is 1. The number of halogens is 5. The van der Waals surface area contributed by atoms with Crippen LogP contribution < -0.4 is 14.8 Å². The lowest BCUT2D eigenvalue weighted by atomic mass is 10.1. The van der Waals surface area contributed by atoms with Crippen LogP contribution in [0.25, 0.3) is 0 Å². The first-order chi connectivity index (χ1) is 10.9. The van der Waals surface area contributed by atoms with E-state index in [0.29, 0.717) is 0 Å². The van der Waals surface area contributed by atoms with Crippen LogP contribution in [0.5, 0.6) is 5.75 Å². The minimum Gasteiger partial charge on any atom is -0.406 e. The zero-order valence-electron chi connectivity index (χ0n) is 11.8. The van der Waals surface area contributed by atoms with Crippen molar-refractivity contribution in [2.75, 3.05) is 17.2 Å². The maximum atomic E-state index is 12.3. The van der Waals surface area contributed by atoms with Crippen LogP contribution in [0.15, 0.2) is 16.6 Å². The molecule has 1 atom stereocenters. The predicted molar refractivity (Wildman–Crippen MR) is 84.3 cm³/mol. The SMILES string of the molecule is NS(=O)(=O)CC1CC(=O)N(c2c(Cl)cc(OC(F)(F)F)cc2Br)C1. The van der Waals surface area contributed by atoms with Gasteiger partial charge in [0.2, 0.25) is 15.9 Å². The van der Waals surface area contributed by atoms with Crippen molar-refractivity contribution in [3.63, 3.8) is 0 Å². The molecule has 0 saturated carbocycles. The maximum absolute atomic E-state index is 12.3. The van der Waals surface area contributed by atoms with Crippen molar-refractivity contribution in [1.29, 1.82) is 0 Å². The summed E-state index contributed by atoms with van der Waals surface area (Å²) in [5, 5.41) is 4.82. The van der Waals surface area contributed by atoms with Gasteiger partial charge in [0.15, 0.2) is 0 Å². The molecule has 0 aliphatic carbocycles. The number of benzene rings is 1. The molecule has 1 fully saturated rings. The third kappa shape index (κ3) is 4.98. The molecular weight excluding hydrogens is 441 g/mol. The lowest BCUT2D eigenvalue weighted by molar-refractivity contribution is -0.274. The van der Waals surface area contributed by atoms with Crippen LogP contribution in [-0.4, -0.2) is 33.0 Å². The summed E-state index contributed by atoms with van der Waals surface area (Å²) in [6, 6.07) is 1.95. The molecule has 134 valence electrons. The Labute approximate surface area is 148 Å². The molecule has 1 aliphatic rings. The molecular formula is C12H11BrClF3N2O4S. The molecule has 1 heterocycles. The predicted octanol–water partition coefficient (Wildman–Crippen LogP) is 2.64. The van der Waals surface area contributed by atoms with Crippen LogP contribution in [0.3, 0.4) is 0 Å². The Kier molecular flexibility index (Phi) is 5.38. The molecule has 0 bridgehead atoms. The van der Waals surface area contributed by atoms with Gasteiger partial charge in [0.25, 0.3) is 0 Å². The van der Waals surface area contributed by atoms with Gasteiger partial charge >= 0.3 is 6.36 Å². The largest absolute Gasteiger partial charge is 0.573 e. The van der Waals surface area contributed by atoms with E-state index in [9.17, 15) is 26.4 Å². The second kappa shape index (κ2) is 6.70. The van der Waals surface area contributed by atoms with Crippen LogP contribution in [-0.2, 0) is 14.8 Å². The monoisotopic (exact) mass is 450 g/mol. The van der Waals surface area contributed by atoms with Crippen molar-refractivity contribution in [2.45, 2.75) is 12.8 Å². The third-order valence-electron chi connectivity index (χ3n) is 3.17. The fraction of sp³-hybridized carbons (Fsp3) is 0.417. The summed E-state index contributed by atoms with van der Waals surface area (Å²) >= 11 is 9.03. The Morgan fingerprint density at radius 1 is 1.42 bits per heavy atom. The quantitative estimate of drug-likeness (QED) is 0.762. The van der Waals surface area contributed by atoms with Crippen LogP contribution in [0, 0.1) is 5.92 Å². The smallest absolute Gasteiger partial charge is 0.406 e. The molecule has 0 spiro atoms. The van der Waals surface area contributed by atoms with Crippen molar-refractivity contribution in [3.8, 4) is 5.75 Å². The van der Waals surface area contributed by atoms with E-state index in [1.54, 1.807) is 0 Å². The molecule has 1 aliphatic heterocycles. The minimum atomic E-state index is -4.88. The van der Waals surface area contributed by atoms with E-state index in [1.165, 1.54) is 4.90 Å². The number of primary sulfonamides is 1. The van der Waals surface area contributed by atoms with Crippen LogP contribution >= 0.6 is 27.5 Å². The molecule has 0 aromatic heterocycles. The maximum Gasteiger partial charge on any atom is 0.573 e. The Morgan fingerprint density at radius 3 is 2.54 bits per heavy atom. The fourth-order valence-electron chi connectivity index (χ4n) is 2.43. The molecule has 2 N–H and O–H groups in total. The van der Waals surface area contributed by atoms with Gasteiger partial charge in [0.05, 0.1) is 16.5 Å². The van der Waals surface area contributed by atoms with E-state index in [-0.39, 0.29) is 33.9 Å². The van der Waals surface area contributed by atoms with E-state index >= 15 is 0 Å². The number of hydrogen-bond donors (Lipinski definition) is 1. The number of nitrogens with zero attached hydrogens (tertiary/aromatic N) is 1. The average molecular weight is 452 g/mol. The zero-order valence-corrected chi connectivity index (χ0v) is 15.0. The first-order valence-electron chi connectivity index (χ1n) is 6.41. The number of hydrogen-bond acceptors (Lipinski definition) is 4. The first kappa shape index (κ1) is 19.3. The molecule has 1 aromatic carbocycles. The molecule has 2 rings (SSSR count). The van der Waals surface area contributed by atoms with Crippen molar-refractivity contribution in [1.82, 2.24) is 0 Å². The molecule has 12 heteroatoms. The number of rotatable bonds is 4. The summed E-state index contributed by atoms with van der Waals surface area (Å²) in [6.07, 6.45) is -4.94. The van der Waals surface area contributed by atoms with Gasteiger partial charge in [-0.15, -0.1) is 13.2 Å². The normalized spacial score (nSPS) is 19.0. The summed E-state index contributed by atoms with van der Waals surface area (Å²) in [4.78, 5) is 13.3. The molecule has 1 saturated heterocycles. The molecule has 1 amide bonds. The van der Waals surface area contributed by atoms with Crippen molar-refractivity contribution < 1.29 is 31.1 Å². The van der Waals surface area contributed by atoms with Crippen LogP contribution in [0.2, 0.25) is 5.02 Å². The van der Waals surface area contributed by atoms with Gasteiger partial charge < -0.3 is 9.64 Å². The van der Waals surface area contributed by atoms with Gasteiger partial charge in [-0.3, -0.25) is 4.79 Å². The number of ether oxygens (including phenoxy) is 1. The van der Waals surface area contributed by atoms with Gasteiger partial charge in [-0.25, -0.2) is 13.6 Å². The van der Waals surface area contributed by atoms with Gasteiger partial charge in [0, 0.05) is 29.4 Å². The molecule has 1 aromatic rings. The summed E-state index contributed by atoms with van der Waals surface area (Å²) in [6.45, 7) is 0.0348. The Morgan fingerprint density at radius 2 is 2.04 bits per heavy atom. The van der Waals surface area contributed by atoms with Crippen LogP contribution in [0.1, 0.15) is 6.42 Å². The third-order valence-corrected chi connectivity index (χ3v) is 5.00.